The molecule has 160 valence electrons. The predicted octanol–water partition coefficient (Wildman–Crippen LogP) is 3.75. The molecule has 3 N–H and O–H groups in total. The second-order valence-corrected chi connectivity index (χ2v) is 8.33. The van der Waals surface area contributed by atoms with Crippen molar-refractivity contribution in [3.63, 3.8) is 0 Å². The van der Waals surface area contributed by atoms with E-state index in [0.29, 0.717) is 23.2 Å². The van der Waals surface area contributed by atoms with Crippen molar-refractivity contribution in [1.82, 2.24) is 15.6 Å². The first-order valence-corrected chi connectivity index (χ1v) is 10.2. The van der Waals surface area contributed by atoms with Crippen molar-refractivity contribution in [1.29, 1.82) is 0 Å². The predicted molar refractivity (Wildman–Crippen MR) is 109 cm³/mol. The van der Waals surface area contributed by atoms with Gasteiger partial charge in [-0.05, 0) is 66.1 Å². The number of rotatable bonds is 5. The fourth-order valence-corrected chi connectivity index (χ4v) is 4.53. The smallest absolute Gasteiger partial charge is 0.243 e. The van der Waals surface area contributed by atoms with Crippen LogP contribution in [0.1, 0.15) is 30.7 Å². The normalized spacial score (nSPS) is 22.5. The van der Waals surface area contributed by atoms with E-state index in [9.17, 15) is 22.8 Å². The zero-order valence-corrected chi connectivity index (χ0v) is 16.5. The van der Waals surface area contributed by atoms with Gasteiger partial charge in [0.25, 0.3) is 0 Å². The van der Waals surface area contributed by atoms with Crippen molar-refractivity contribution >= 4 is 22.7 Å². The van der Waals surface area contributed by atoms with E-state index in [1.165, 1.54) is 18.2 Å². The van der Waals surface area contributed by atoms with E-state index < -0.39 is 17.7 Å². The quantitative estimate of drug-likeness (QED) is 0.543. The van der Waals surface area contributed by atoms with Gasteiger partial charge in [-0.15, -0.1) is 0 Å². The lowest BCUT2D eigenvalue weighted by molar-refractivity contribution is -0.137. The molecule has 3 aromatic rings. The molecule has 2 amide bonds. The standard InChI is InChI=1S/C23H20F3N3O2/c24-14-3-1-12(2-4-14)21-20(16-7-15(25)8-17(26)22(16)29-21)13-5-11(6-13)10-27-23(31)18-9-19(30)28-18/h1-4,7-8,11,13,18,29H,5-6,9-10H2,(H,27,31)(H,28,30)/t11-,13+,18-/m0/s1. The van der Waals surface area contributed by atoms with E-state index in [0.717, 1.165) is 24.5 Å². The van der Waals surface area contributed by atoms with E-state index in [1.54, 1.807) is 12.1 Å². The van der Waals surface area contributed by atoms with Crippen LogP contribution in [0.2, 0.25) is 0 Å². The molecule has 5 nitrogen and oxygen atoms in total. The number of nitrogens with one attached hydrogen (secondary N) is 3. The van der Waals surface area contributed by atoms with Gasteiger partial charge in [-0.2, -0.15) is 0 Å². The molecule has 2 aliphatic rings. The molecule has 2 aromatic carbocycles. The van der Waals surface area contributed by atoms with E-state index in [4.69, 9.17) is 0 Å². The van der Waals surface area contributed by atoms with Crippen molar-refractivity contribution in [3.8, 4) is 11.3 Å². The molecule has 1 saturated carbocycles. The number of hydrogen-bond donors (Lipinski definition) is 3. The number of fused-ring (bicyclic) bond motifs is 1. The molecule has 31 heavy (non-hydrogen) atoms. The number of carbonyl (C=O) groups is 2. The van der Waals surface area contributed by atoms with E-state index in [2.05, 4.69) is 15.6 Å². The lowest BCUT2D eigenvalue weighted by Gasteiger charge is -2.37. The number of H-pyrrole nitrogens is 1. The van der Waals surface area contributed by atoms with Crippen LogP contribution in [-0.2, 0) is 9.59 Å². The van der Waals surface area contributed by atoms with Crippen molar-refractivity contribution < 1.29 is 22.8 Å². The summed E-state index contributed by atoms with van der Waals surface area (Å²) in [6.45, 7) is 0.485. The molecule has 0 bridgehead atoms. The van der Waals surface area contributed by atoms with Gasteiger partial charge in [-0.1, -0.05) is 0 Å². The van der Waals surface area contributed by atoms with Crippen molar-refractivity contribution in [2.24, 2.45) is 5.92 Å². The van der Waals surface area contributed by atoms with Crippen LogP contribution in [0.5, 0.6) is 0 Å². The Morgan fingerprint density at radius 3 is 2.45 bits per heavy atom. The van der Waals surface area contributed by atoms with Gasteiger partial charge in [0, 0.05) is 18.0 Å². The Labute approximate surface area is 176 Å². The van der Waals surface area contributed by atoms with Crippen molar-refractivity contribution in [2.75, 3.05) is 6.54 Å². The highest BCUT2D eigenvalue weighted by Gasteiger charge is 2.36. The van der Waals surface area contributed by atoms with Crippen molar-refractivity contribution in [2.45, 2.75) is 31.2 Å². The van der Waals surface area contributed by atoms with Gasteiger partial charge in [-0.25, -0.2) is 13.2 Å². The second kappa shape index (κ2) is 7.44. The lowest BCUT2D eigenvalue weighted by atomic mass is 9.70. The molecule has 0 radical (unpaired) electrons. The molecule has 1 aromatic heterocycles. The Kier molecular flexibility index (Phi) is 4.72. The Morgan fingerprint density at radius 1 is 1.06 bits per heavy atom. The monoisotopic (exact) mass is 427 g/mol. The molecular formula is C23H20F3N3O2. The summed E-state index contributed by atoms with van der Waals surface area (Å²) in [6, 6.07) is 7.61. The number of amides is 2. The molecule has 0 unspecified atom stereocenters. The summed E-state index contributed by atoms with van der Waals surface area (Å²) in [4.78, 5) is 26.0. The highest BCUT2D eigenvalue weighted by Crippen LogP contribution is 2.48. The zero-order valence-electron chi connectivity index (χ0n) is 16.5. The van der Waals surface area contributed by atoms with Gasteiger partial charge >= 0.3 is 0 Å². The summed E-state index contributed by atoms with van der Waals surface area (Å²) in [6.07, 6.45) is 1.71. The Hall–Kier alpha value is -3.29. The first kappa shape index (κ1) is 19.7. The third kappa shape index (κ3) is 3.56. The molecular weight excluding hydrogens is 407 g/mol. The molecule has 1 aliphatic heterocycles. The summed E-state index contributed by atoms with van der Waals surface area (Å²) in [7, 11) is 0. The van der Waals surface area contributed by atoms with Crippen LogP contribution >= 0.6 is 0 Å². The number of β-lactam (4-membered cyclic amide) rings is 1. The maximum atomic E-state index is 14.4. The van der Waals surface area contributed by atoms with Crippen LogP contribution in [0.25, 0.3) is 22.2 Å². The Bertz CT molecular complexity index is 1170. The van der Waals surface area contributed by atoms with E-state index >= 15 is 0 Å². The molecule has 1 atom stereocenters. The topological polar surface area (TPSA) is 74.0 Å². The molecule has 2 heterocycles. The average Bonchev–Trinajstić information content (AvgIpc) is 3.04. The third-order valence-electron chi connectivity index (χ3n) is 6.25. The zero-order chi connectivity index (χ0) is 21.7. The van der Waals surface area contributed by atoms with Crippen LogP contribution in [0, 0.1) is 23.4 Å². The minimum absolute atomic E-state index is 0.0558. The van der Waals surface area contributed by atoms with Crippen LogP contribution in [-0.4, -0.2) is 29.4 Å². The Balaban J connectivity index is 1.38. The van der Waals surface area contributed by atoms with Crippen LogP contribution in [0.15, 0.2) is 36.4 Å². The van der Waals surface area contributed by atoms with Crippen molar-refractivity contribution in [3.05, 3.63) is 59.4 Å². The lowest BCUT2D eigenvalue weighted by Crippen LogP contribution is -2.57. The van der Waals surface area contributed by atoms with Gasteiger partial charge in [-0.3, -0.25) is 9.59 Å². The summed E-state index contributed by atoms with van der Waals surface area (Å²) in [5, 5.41) is 5.89. The van der Waals surface area contributed by atoms with Crippen LogP contribution in [0.3, 0.4) is 0 Å². The minimum Gasteiger partial charge on any atom is -0.354 e. The molecule has 1 aliphatic carbocycles. The summed E-state index contributed by atoms with van der Waals surface area (Å²) in [5.74, 6) is -1.73. The number of hydrogen-bond acceptors (Lipinski definition) is 2. The van der Waals surface area contributed by atoms with E-state index in [-0.39, 0.29) is 41.4 Å². The minimum atomic E-state index is -0.671. The number of halogens is 3. The fraction of sp³-hybridized carbons (Fsp3) is 0.304. The van der Waals surface area contributed by atoms with Gasteiger partial charge in [0.05, 0.1) is 17.6 Å². The van der Waals surface area contributed by atoms with Gasteiger partial charge < -0.3 is 15.6 Å². The fourth-order valence-electron chi connectivity index (χ4n) is 4.53. The number of carbonyl (C=O) groups excluding carboxylic acids is 2. The van der Waals surface area contributed by atoms with Gasteiger partial charge in [0.15, 0.2) is 0 Å². The first-order chi connectivity index (χ1) is 14.9. The maximum absolute atomic E-state index is 14.4. The van der Waals surface area contributed by atoms with E-state index in [1.807, 2.05) is 0 Å². The average molecular weight is 427 g/mol. The summed E-state index contributed by atoms with van der Waals surface area (Å²) >= 11 is 0. The van der Waals surface area contributed by atoms with Crippen LogP contribution < -0.4 is 10.6 Å². The number of benzene rings is 2. The number of aromatic amines is 1. The molecule has 2 fully saturated rings. The second-order valence-electron chi connectivity index (χ2n) is 8.33. The van der Waals surface area contributed by atoms with Crippen LogP contribution in [0.4, 0.5) is 13.2 Å². The maximum Gasteiger partial charge on any atom is 0.243 e. The number of aromatic nitrogens is 1. The molecule has 5 rings (SSSR count). The molecule has 1 saturated heterocycles. The van der Waals surface area contributed by atoms with Gasteiger partial charge in [0.2, 0.25) is 11.8 Å². The van der Waals surface area contributed by atoms with Gasteiger partial charge in [0.1, 0.15) is 23.5 Å². The molecule has 8 heteroatoms. The Morgan fingerprint density at radius 2 is 1.77 bits per heavy atom. The highest BCUT2D eigenvalue weighted by molar-refractivity contribution is 5.97. The highest BCUT2D eigenvalue weighted by atomic mass is 19.1. The SMILES string of the molecule is O=C1C[C@@H](C(=O)NC[C@H]2C[C@@H](c3c(-c4ccc(F)cc4)[nH]c4c(F)cc(F)cc43)C2)N1. The summed E-state index contributed by atoms with van der Waals surface area (Å²) in [5.41, 5.74) is 2.40. The summed E-state index contributed by atoms with van der Waals surface area (Å²) < 4.78 is 41.8. The first-order valence-electron chi connectivity index (χ1n) is 10.2. The third-order valence-corrected chi connectivity index (χ3v) is 6.25. The largest absolute Gasteiger partial charge is 0.354 e. The molecule has 0 spiro atoms.